The van der Waals surface area contributed by atoms with E-state index in [0.717, 1.165) is 25.3 Å². The molecule has 2 heteroatoms. The van der Waals surface area contributed by atoms with E-state index in [1.165, 1.54) is 16.7 Å². The second kappa shape index (κ2) is 10.7. The summed E-state index contributed by atoms with van der Waals surface area (Å²) >= 11 is 0. The quantitative estimate of drug-likeness (QED) is 0.458. The van der Waals surface area contributed by atoms with Gasteiger partial charge in [-0.25, -0.2) is 0 Å². The maximum Gasteiger partial charge on any atom is 0.120 e. The van der Waals surface area contributed by atoms with Gasteiger partial charge in [0.2, 0.25) is 0 Å². The number of rotatable bonds is 10. The van der Waals surface area contributed by atoms with Crippen molar-refractivity contribution in [2.24, 2.45) is 5.92 Å². The van der Waals surface area contributed by atoms with E-state index in [4.69, 9.17) is 4.74 Å². The van der Waals surface area contributed by atoms with Crippen LogP contribution < -0.4 is 10.1 Å². The van der Waals surface area contributed by atoms with E-state index in [9.17, 15) is 0 Å². The minimum Gasteiger partial charge on any atom is -0.489 e. The van der Waals surface area contributed by atoms with Crippen LogP contribution in [-0.4, -0.2) is 6.54 Å². The normalized spacial score (nSPS) is 13.1. The Morgan fingerprint density at radius 2 is 1.50 bits per heavy atom. The van der Waals surface area contributed by atoms with Gasteiger partial charge in [-0.3, -0.25) is 0 Å². The first kappa shape index (κ1) is 20.2. The molecule has 0 saturated carbocycles. The summed E-state index contributed by atoms with van der Waals surface area (Å²) in [5.74, 6) is 2.02. The van der Waals surface area contributed by atoms with Crippen molar-refractivity contribution in [1.29, 1.82) is 0 Å². The summed E-state index contributed by atoms with van der Waals surface area (Å²) in [4.78, 5) is 0. The summed E-state index contributed by atoms with van der Waals surface area (Å²) < 4.78 is 6.03. The van der Waals surface area contributed by atoms with Crippen LogP contribution in [0.5, 0.6) is 5.75 Å². The Kier molecular flexibility index (Phi) is 7.69. The first-order valence-corrected chi connectivity index (χ1v) is 10.3. The van der Waals surface area contributed by atoms with Gasteiger partial charge < -0.3 is 10.1 Å². The van der Waals surface area contributed by atoms with Crippen molar-refractivity contribution in [1.82, 2.24) is 5.32 Å². The van der Waals surface area contributed by atoms with Crippen molar-refractivity contribution in [3.63, 3.8) is 0 Å². The van der Waals surface area contributed by atoms with Crippen LogP contribution in [0.25, 0.3) is 0 Å². The van der Waals surface area contributed by atoms with Crippen LogP contribution >= 0.6 is 0 Å². The standard InChI is InChI=1S/C26H31NO/c1-3-26(21(2)18-27-19-22-11-6-4-7-12-22)24-15-10-16-25(17-24)28-20-23-13-8-5-9-14-23/h4-17,21,26-27H,3,18-20H2,1-2H3/t21-,26+/m0/s1. The molecule has 0 fully saturated rings. The third kappa shape index (κ3) is 5.97. The second-order valence-electron chi connectivity index (χ2n) is 7.46. The van der Waals surface area contributed by atoms with Crippen LogP contribution in [0, 0.1) is 5.92 Å². The molecule has 0 aliphatic heterocycles. The molecule has 0 amide bonds. The van der Waals surface area contributed by atoms with Gasteiger partial charge in [0.25, 0.3) is 0 Å². The van der Waals surface area contributed by atoms with Crippen molar-refractivity contribution in [3.05, 3.63) is 102 Å². The molecule has 3 aromatic rings. The molecule has 28 heavy (non-hydrogen) atoms. The Labute approximate surface area is 169 Å². The molecule has 146 valence electrons. The van der Waals surface area contributed by atoms with E-state index in [-0.39, 0.29) is 0 Å². The smallest absolute Gasteiger partial charge is 0.120 e. The highest BCUT2D eigenvalue weighted by Crippen LogP contribution is 2.30. The summed E-state index contributed by atoms with van der Waals surface area (Å²) in [6, 6.07) is 29.5. The van der Waals surface area contributed by atoms with Crippen LogP contribution in [-0.2, 0) is 13.2 Å². The number of hydrogen-bond acceptors (Lipinski definition) is 2. The highest BCUT2D eigenvalue weighted by molar-refractivity contribution is 5.31. The maximum absolute atomic E-state index is 6.03. The fourth-order valence-corrected chi connectivity index (χ4v) is 3.72. The fourth-order valence-electron chi connectivity index (χ4n) is 3.72. The third-order valence-electron chi connectivity index (χ3n) is 5.30. The average Bonchev–Trinajstić information content (AvgIpc) is 2.75. The molecule has 0 aliphatic carbocycles. The number of hydrogen-bond donors (Lipinski definition) is 1. The molecule has 0 unspecified atom stereocenters. The molecule has 0 radical (unpaired) electrons. The Balaban J connectivity index is 1.56. The predicted octanol–water partition coefficient (Wildman–Crippen LogP) is 6.19. The Morgan fingerprint density at radius 3 is 2.18 bits per heavy atom. The van der Waals surface area contributed by atoms with Crippen LogP contribution in [0.3, 0.4) is 0 Å². The van der Waals surface area contributed by atoms with E-state index >= 15 is 0 Å². The number of ether oxygens (including phenoxy) is 1. The SMILES string of the molecule is CC[C@@H](c1cccc(OCc2ccccc2)c1)[C@@H](C)CNCc1ccccc1. The molecule has 3 rings (SSSR count). The van der Waals surface area contributed by atoms with Gasteiger partial charge in [-0.2, -0.15) is 0 Å². The lowest BCUT2D eigenvalue weighted by Crippen LogP contribution is -2.25. The molecule has 0 spiro atoms. The predicted molar refractivity (Wildman–Crippen MR) is 118 cm³/mol. The van der Waals surface area contributed by atoms with E-state index in [1.54, 1.807) is 0 Å². The van der Waals surface area contributed by atoms with Crippen LogP contribution in [0.1, 0.15) is 42.9 Å². The van der Waals surface area contributed by atoms with Gasteiger partial charge in [0, 0.05) is 6.54 Å². The lowest BCUT2D eigenvalue weighted by molar-refractivity contribution is 0.305. The van der Waals surface area contributed by atoms with Gasteiger partial charge in [-0.05, 0) is 53.6 Å². The monoisotopic (exact) mass is 373 g/mol. The molecule has 2 nitrogen and oxygen atoms in total. The first-order valence-electron chi connectivity index (χ1n) is 10.3. The lowest BCUT2D eigenvalue weighted by atomic mass is 9.85. The van der Waals surface area contributed by atoms with Gasteiger partial charge in [0.05, 0.1) is 0 Å². The summed E-state index contributed by atoms with van der Waals surface area (Å²) in [6.45, 7) is 7.14. The van der Waals surface area contributed by atoms with E-state index in [0.29, 0.717) is 18.4 Å². The van der Waals surface area contributed by atoms with E-state index in [2.05, 4.69) is 85.9 Å². The molecular weight excluding hydrogens is 342 g/mol. The molecule has 0 bridgehead atoms. The Bertz CT molecular complexity index is 816. The Hall–Kier alpha value is -2.58. The van der Waals surface area contributed by atoms with Crippen LogP contribution in [0.15, 0.2) is 84.9 Å². The van der Waals surface area contributed by atoms with Gasteiger partial charge >= 0.3 is 0 Å². The van der Waals surface area contributed by atoms with Crippen LogP contribution in [0.2, 0.25) is 0 Å². The minimum absolute atomic E-state index is 0.517. The third-order valence-corrected chi connectivity index (χ3v) is 5.30. The van der Waals surface area contributed by atoms with Crippen molar-refractivity contribution >= 4 is 0 Å². The average molecular weight is 374 g/mol. The zero-order chi connectivity index (χ0) is 19.6. The largest absolute Gasteiger partial charge is 0.489 e. The zero-order valence-electron chi connectivity index (χ0n) is 17.0. The Morgan fingerprint density at radius 1 is 0.821 bits per heavy atom. The van der Waals surface area contributed by atoms with Gasteiger partial charge in [0.15, 0.2) is 0 Å². The van der Waals surface area contributed by atoms with Crippen molar-refractivity contribution in [2.75, 3.05) is 6.54 Å². The van der Waals surface area contributed by atoms with Gasteiger partial charge in [0.1, 0.15) is 12.4 Å². The summed E-state index contributed by atoms with van der Waals surface area (Å²) in [7, 11) is 0. The number of benzene rings is 3. The van der Waals surface area contributed by atoms with Crippen molar-refractivity contribution in [3.8, 4) is 5.75 Å². The van der Waals surface area contributed by atoms with Gasteiger partial charge in [-0.1, -0.05) is 86.6 Å². The lowest BCUT2D eigenvalue weighted by Gasteiger charge is -2.24. The minimum atomic E-state index is 0.517. The second-order valence-corrected chi connectivity index (χ2v) is 7.46. The molecular formula is C26H31NO. The summed E-state index contributed by atoms with van der Waals surface area (Å²) in [5, 5.41) is 3.62. The first-order chi connectivity index (χ1) is 13.8. The summed E-state index contributed by atoms with van der Waals surface area (Å²) in [5.41, 5.74) is 3.89. The molecule has 0 aromatic heterocycles. The molecule has 0 aliphatic rings. The molecule has 0 saturated heterocycles. The molecule has 1 N–H and O–H groups in total. The van der Waals surface area contributed by atoms with Gasteiger partial charge in [-0.15, -0.1) is 0 Å². The molecule has 2 atom stereocenters. The molecule has 0 heterocycles. The fraction of sp³-hybridized carbons (Fsp3) is 0.308. The zero-order valence-corrected chi connectivity index (χ0v) is 17.0. The van der Waals surface area contributed by atoms with Crippen LogP contribution in [0.4, 0.5) is 0 Å². The van der Waals surface area contributed by atoms with E-state index in [1.807, 2.05) is 18.2 Å². The highest BCUT2D eigenvalue weighted by atomic mass is 16.5. The maximum atomic E-state index is 6.03. The molecule has 3 aromatic carbocycles. The van der Waals surface area contributed by atoms with E-state index < -0.39 is 0 Å². The highest BCUT2D eigenvalue weighted by Gasteiger charge is 2.18. The van der Waals surface area contributed by atoms with Crippen molar-refractivity contribution in [2.45, 2.75) is 39.3 Å². The number of nitrogens with one attached hydrogen (secondary N) is 1. The topological polar surface area (TPSA) is 21.3 Å². The van der Waals surface area contributed by atoms with Crippen molar-refractivity contribution < 1.29 is 4.74 Å². The summed E-state index contributed by atoms with van der Waals surface area (Å²) in [6.07, 6.45) is 1.12.